The minimum atomic E-state index is -1.80. The molecule has 9 rings (SSSR count). The maximum absolute atomic E-state index is 13.1. The van der Waals surface area contributed by atoms with Gasteiger partial charge in [-0.3, -0.25) is 33.6 Å². The van der Waals surface area contributed by atoms with Crippen LogP contribution in [0.3, 0.4) is 0 Å². The second-order valence-electron chi connectivity index (χ2n) is 23.2. The molecular formula is C53H76O21. The minimum absolute atomic E-state index is 0.0113. The SMILES string of the molecule is CC(=O)OCC1OC(OC2C(COC(C)=O)OC(OC3CCC4(C)C5CCC6(C)C(CC7OC8(CCC(C)CO8)C(C)C76)C5CC5OC54C3)C(OC(C)=O)C2OC(C)=O)C(OC(C)=O)C(OC(C)=O)C1OC(C)=O. The van der Waals surface area contributed by atoms with Crippen molar-refractivity contribution in [2.24, 2.45) is 46.3 Å². The lowest BCUT2D eigenvalue weighted by Gasteiger charge is -2.60. The van der Waals surface area contributed by atoms with Gasteiger partial charge >= 0.3 is 41.8 Å². The van der Waals surface area contributed by atoms with Crippen molar-refractivity contribution in [3.8, 4) is 0 Å². The van der Waals surface area contributed by atoms with Gasteiger partial charge in [-0.25, -0.2) is 0 Å². The molecule has 0 bridgehead atoms. The molecule has 74 heavy (non-hydrogen) atoms. The third-order valence-electron chi connectivity index (χ3n) is 18.5. The third kappa shape index (κ3) is 10.1. The number of epoxide rings is 1. The molecule has 21 nitrogen and oxygen atoms in total. The summed E-state index contributed by atoms with van der Waals surface area (Å²) < 4.78 is 86.2. The molecule has 0 amide bonds. The zero-order valence-corrected chi connectivity index (χ0v) is 44.5. The largest absolute Gasteiger partial charge is 0.463 e. The summed E-state index contributed by atoms with van der Waals surface area (Å²) in [4.78, 5) is 88.4. The predicted molar refractivity (Wildman–Crippen MR) is 249 cm³/mol. The van der Waals surface area contributed by atoms with Crippen molar-refractivity contribution in [1.82, 2.24) is 0 Å². The first-order chi connectivity index (χ1) is 34.9. The molecule has 9 aliphatic rings. The number of esters is 7. The van der Waals surface area contributed by atoms with Crippen LogP contribution in [-0.4, -0.2) is 153 Å². The fourth-order valence-corrected chi connectivity index (χ4v) is 15.5. The molecule has 2 spiro atoms. The van der Waals surface area contributed by atoms with Crippen LogP contribution in [0.25, 0.3) is 0 Å². The minimum Gasteiger partial charge on any atom is -0.463 e. The van der Waals surface area contributed by atoms with E-state index in [9.17, 15) is 33.6 Å². The Hall–Kier alpha value is -3.99. The fourth-order valence-electron chi connectivity index (χ4n) is 15.5. The average molecular weight is 1050 g/mol. The van der Waals surface area contributed by atoms with E-state index in [0.29, 0.717) is 48.3 Å². The number of hydrogen-bond donors (Lipinski definition) is 0. The molecular weight excluding hydrogens is 973 g/mol. The maximum atomic E-state index is 13.1. The second-order valence-corrected chi connectivity index (χ2v) is 23.2. The van der Waals surface area contributed by atoms with Crippen LogP contribution in [-0.2, 0) is 99.9 Å². The van der Waals surface area contributed by atoms with E-state index in [1.165, 1.54) is 6.92 Å². The Morgan fingerprint density at radius 2 is 1.09 bits per heavy atom. The van der Waals surface area contributed by atoms with Gasteiger partial charge in [0.15, 0.2) is 48.9 Å². The van der Waals surface area contributed by atoms with Crippen LogP contribution in [0.5, 0.6) is 0 Å². The lowest BCUT2D eigenvalue weighted by molar-refractivity contribution is -0.365. The molecule has 9 fully saturated rings. The van der Waals surface area contributed by atoms with Crippen LogP contribution in [0.15, 0.2) is 0 Å². The molecule has 5 saturated heterocycles. The Morgan fingerprint density at radius 3 is 1.65 bits per heavy atom. The van der Waals surface area contributed by atoms with Crippen LogP contribution in [0.4, 0.5) is 0 Å². The van der Waals surface area contributed by atoms with Gasteiger partial charge in [0.1, 0.15) is 37.1 Å². The first kappa shape index (κ1) is 54.8. The summed E-state index contributed by atoms with van der Waals surface area (Å²) in [5.41, 5.74) is -0.496. The summed E-state index contributed by atoms with van der Waals surface area (Å²) in [7, 11) is 0. The van der Waals surface area contributed by atoms with Gasteiger partial charge in [0.25, 0.3) is 0 Å². The average Bonchev–Trinajstić information content (AvgIpc) is 3.83. The topological polar surface area (TPSA) is 252 Å². The Kier molecular flexibility index (Phi) is 15.4. The summed E-state index contributed by atoms with van der Waals surface area (Å²) in [5, 5.41) is 0. The van der Waals surface area contributed by atoms with Gasteiger partial charge < -0.3 is 66.3 Å². The summed E-state index contributed by atoms with van der Waals surface area (Å²) in [5.74, 6) is -3.48. The molecule has 23 atom stereocenters. The van der Waals surface area contributed by atoms with Gasteiger partial charge in [0.05, 0.1) is 24.9 Å². The van der Waals surface area contributed by atoms with E-state index in [4.69, 9.17) is 66.3 Å². The lowest BCUT2D eigenvalue weighted by atomic mass is 9.44. The molecule has 23 unspecified atom stereocenters. The van der Waals surface area contributed by atoms with E-state index >= 15 is 0 Å². The second kappa shape index (κ2) is 20.8. The van der Waals surface area contributed by atoms with Crippen molar-refractivity contribution in [2.75, 3.05) is 19.8 Å². The first-order valence-electron chi connectivity index (χ1n) is 26.6. The first-order valence-corrected chi connectivity index (χ1v) is 26.6. The molecule has 4 saturated carbocycles. The number of carbonyl (C=O) groups excluding carboxylic acids is 7. The molecule has 4 aliphatic carbocycles. The molecule has 0 aromatic heterocycles. The van der Waals surface area contributed by atoms with Crippen LogP contribution in [0.1, 0.15) is 134 Å². The van der Waals surface area contributed by atoms with Gasteiger partial charge in [-0.05, 0) is 80.0 Å². The van der Waals surface area contributed by atoms with Crippen LogP contribution < -0.4 is 0 Å². The highest BCUT2D eigenvalue weighted by Crippen LogP contribution is 2.76. The highest BCUT2D eigenvalue weighted by Gasteiger charge is 2.78. The lowest BCUT2D eigenvalue weighted by Crippen LogP contribution is -2.67. The molecule has 0 radical (unpaired) electrons. The Labute approximate surface area is 431 Å². The van der Waals surface area contributed by atoms with Crippen molar-refractivity contribution in [3.05, 3.63) is 0 Å². The highest BCUT2D eigenvalue weighted by molar-refractivity contribution is 5.69. The van der Waals surface area contributed by atoms with Crippen LogP contribution >= 0.6 is 0 Å². The molecule has 0 aromatic rings. The monoisotopic (exact) mass is 1050 g/mol. The standard InChI is InChI=1S/C53H76O21/c1-24-12-17-53(63-21-24)25(2)41-37(73-53)19-36-34-18-40-52(74-40)20-33(13-16-51(52,11)35(34)14-15-50(36,41)10)69-48-46(67-31(8)59)45(66-30(7)58)43(39(70-48)23-62-27(4)55)72-49-47(68-32(9)60)44(65-29(6)57)42(64-28(5)56)38(71-49)22-61-26(3)54/h24-25,33-49H,12-23H2,1-11H3. The molecule has 5 heterocycles. The molecule has 0 N–H and O–H groups in total. The molecule has 0 aromatic carbocycles. The summed E-state index contributed by atoms with van der Waals surface area (Å²) in [6.45, 7) is 17.0. The normalized spacial score (nSPS) is 46.7. The van der Waals surface area contributed by atoms with Crippen molar-refractivity contribution in [1.29, 1.82) is 0 Å². The Balaban J connectivity index is 0.966. The summed E-state index contributed by atoms with van der Waals surface area (Å²) in [6.07, 6.45) is -7.64. The van der Waals surface area contributed by atoms with Gasteiger partial charge in [-0.1, -0.05) is 27.7 Å². The zero-order valence-electron chi connectivity index (χ0n) is 44.5. The number of hydrogen-bond acceptors (Lipinski definition) is 21. The van der Waals surface area contributed by atoms with Crippen molar-refractivity contribution >= 4 is 41.8 Å². The molecule has 21 heteroatoms. The Morgan fingerprint density at radius 1 is 0.554 bits per heavy atom. The van der Waals surface area contributed by atoms with Gasteiger partial charge in [-0.2, -0.15) is 0 Å². The van der Waals surface area contributed by atoms with Gasteiger partial charge in [0.2, 0.25) is 0 Å². The predicted octanol–water partition coefficient (Wildman–Crippen LogP) is 4.57. The quantitative estimate of drug-likeness (QED) is 0.106. The highest BCUT2D eigenvalue weighted by atomic mass is 16.8. The number of carbonyl (C=O) groups is 7. The van der Waals surface area contributed by atoms with E-state index in [1.54, 1.807) is 0 Å². The number of rotatable bonds is 13. The summed E-state index contributed by atoms with van der Waals surface area (Å²) >= 11 is 0. The Bertz CT molecular complexity index is 2180. The van der Waals surface area contributed by atoms with E-state index in [1.807, 2.05) is 0 Å². The van der Waals surface area contributed by atoms with E-state index in [2.05, 4.69) is 27.7 Å². The number of fused-ring (bicyclic) bond motifs is 6. The molecule has 414 valence electrons. The molecule has 5 aliphatic heterocycles. The van der Waals surface area contributed by atoms with E-state index in [-0.39, 0.29) is 23.0 Å². The number of ether oxygens (including phenoxy) is 14. The van der Waals surface area contributed by atoms with E-state index in [0.717, 1.165) is 93.1 Å². The van der Waals surface area contributed by atoms with Crippen molar-refractivity contribution in [3.63, 3.8) is 0 Å². The van der Waals surface area contributed by atoms with Gasteiger partial charge in [-0.15, -0.1) is 0 Å². The van der Waals surface area contributed by atoms with Crippen LogP contribution in [0, 0.1) is 46.3 Å². The fraction of sp³-hybridized carbons (Fsp3) is 0.868. The zero-order chi connectivity index (χ0) is 53.4. The van der Waals surface area contributed by atoms with Crippen LogP contribution in [0.2, 0.25) is 0 Å². The maximum Gasteiger partial charge on any atom is 0.303 e. The van der Waals surface area contributed by atoms with Crippen molar-refractivity contribution in [2.45, 2.75) is 225 Å². The summed E-state index contributed by atoms with van der Waals surface area (Å²) in [6, 6.07) is 0. The van der Waals surface area contributed by atoms with Gasteiger partial charge in [0, 0.05) is 72.6 Å². The van der Waals surface area contributed by atoms with E-state index < -0.39 is 134 Å². The smallest absolute Gasteiger partial charge is 0.303 e. The van der Waals surface area contributed by atoms with Crippen molar-refractivity contribution < 1.29 is 99.9 Å². The third-order valence-corrected chi connectivity index (χ3v) is 18.5.